The zero-order chi connectivity index (χ0) is 19.1. The van der Waals surface area contributed by atoms with Crippen molar-refractivity contribution in [2.75, 3.05) is 12.1 Å². The summed E-state index contributed by atoms with van der Waals surface area (Å²) in [6.45, 7) is 0.203. The van der Waals surface area contributed by atoms with Crippen molar-refractivity contribution in [1.29, 1.82) is 0 Å². The summed E-state index contributed by atoms with van der Waals surface area (Å²) in [5.74, 6) is 1.38. The van der Waals surface area contributed by atoms with Crippen LogP contribution in [-0.2, 0) is 10.2 Å². The quantitative estimate of drug-likeness (QED) is 0.738. The Bertz CT molecular complexity index is 1080. The largest absolute Gasteiger partial charge is 0.454 e. The van der Waals surface area contributed by atoms with E-state index in [0.29, 0.717) is 28.6 Å². The lowest BCUT2D eigenvalue weighted by Crippen LogP contribution is -2.28. The molecular weight excluding hydrogens is 359 g/mol. The smallest absolute Gasteiger partial charge is 0.236 e. The second kappa shape index (κ2) is 6.34. The van der Waals surface area contributed by atoms with Gasteiger partial charge in [0.1, 0.15) is 11.6 Å². The SMILES string of the molecule is O=C(Nc1cccc(-c2cccc(F)c2)n1)C1(c2ccc3c(c2)OCO3)CC1. The Morgan fingerprint density at radius 2 is 1.82 bits per heavy atom. The molecule has 140 valence electrons. The third-order valence-corrected chi connectivity index (χ3v) is 5.22. The first kappa shape index (κ1) is 16.7. The number of pyridine rings is 1. The zero-order valence-electron chi connectivity index (χ0n) is 14.9. The van der Waals surface area contributed by atoms with E-state index in [-0.39, 0.29) is 18.5 Å². The average molecular weight is 376 g/mol. The highest BCUT2D eigenvalue weighted by Crippen LogP contribution is 2.51. The van der Waals surface area contributed by atoms with Gasteiger partial charge in [-0.15, -0.1) is 0 Å². The number of hydrogen-bond acceptors (Lipinski definition) is 4. The van der Waals surface area contributed by atoms with Gasteiger partial charge in [-0.05, 0) is 54.8 Å². The molecule has 28 heavy (non-hydrogen) atoms. The van der Waals surface area contributed by atoms with Crippen LogP contribution in [-0.4, -0.2) is 17.7 Å². The highest BCUT2D eigenvalue weighted by Gasteiger charge is 2.51. The molecule has 0 spiro atoms. The van der Waals surface area contributed by atoms with Gasteiger partial charge < -0.3 is 14.8 Å². The number of carbonyl (C=O) groups excluding carboxylic acids is 1. The Labute approximate surface area is 161 Å². The van der Waals surface area contributed by atoms with E-state index in [1.807, 2.05) is 18.2 Å². The van der Waals surface area contributed by atoms with Crippen LogP contribution in [0.5, 0.6) is 11.5 Å². The molecule has 5 nitrogen and oxygen atoms in total. The minimum atomic E-state index is -0.572. The number of anilines is 1. The molecule has 1 aliphatic carbocycles. The molecule has 1 aliphatic heterocycles. The van der Waals surface area contributed by atoms with Crippen molar-refractivity contribution in [1.82, 2.24) is 4.98 Å². The number of fused-ring (bicyclic) bond motifs is 1. The summed E-state index contributed by atoms with van der Waals surface area (Å²) >= 11 is 0. The molecule has 0 saturated heterocycles. The fraction of sp³-hybridized carbons (Fsp3) is 0.182. The van der Waals surface area contributed by atoms with Gasteiger partial charge in [0, 0.05) is 5.56 Å². The van der Waals surface area contributed by atoms with Crippen LogP contribution in [0.3, 0.4) is 0 Å². The molecule has 0 bridgehead atoms. The standard InChI is InChI=1S/C22H17FN2O3/c23-16-4-1-3-14(11-16)17-5-2-6-20(24-17)25-21(26)22(9-10-22)15-7-8-18-19(12-15)28-13-27-18/h1-8,11-12H,9-10,13H2,(H,24,25,26). The normalized spacial score (nSPS) is 15.9. The van der Waals surface area contributed by atoms with Gasteiger partial charge in [-0.25, -0.2) is 9.37 Å². The zero-order valence-corrected chi connectivity index (χ0v) is 14.9. The lowest BCUT2D eigenvalue weighted by atomic mass is 9.94. The Morgan fingerprint density at radius 3 is 2.64 bits per heavy atom. The van der Waals surface area contributed by atoms with E-state index in [1.54, 1.807) is 30.3 Å². The Balaban J connectivity index is 1.39. The highest BCUT2D eigenvalue weighted by atomic mass is 19.1. The Morgan fingerprint density at radius 1 is 1.00 bits per heavy atom. The van der Waals surface area contributed by atoms with Crippen molar-refractivity contribution < 1.29 is 18.7 Å². The van der Waals surface area contributed by atoms with Gasteiger partial charge in [0.2, 0.25) is 12.7 Å². The van der Waals surface area contributed by atoms with Crippen LogP contribution in [0.2, 0.25) is 0 Å². The van der Waals surface area contributed by atoms with E-state index in [2.05, 4.69) is 10.3 Å². The number of carbonyl (C=O) groups is 1. The van der Waals surface area contributed by atoms with Crippen LogP contribution >= 0.6 is 0 Å². The van der Waals surface area contributed by atoms with Crippen molar-refractivity contribution in [3.63, 3.8) is 0 Å². The number of nitrogens with one attached hydrogen (secondary N) is 1. The van der Waals surface area contributed by atoms with Gasteiger partial charge in [0.25, 0.3) is 0 Å². The molecule has 6 heteroatoms. The summed E-state index contributed by atoms with van der Waals surface area (Å²) in [6.07, 6.45) is 1.53. The van der Waals surface area contributed by atoms with Crippen LogP contribution in [0.15, 0.2) is 60.7 Å². The molecule has 0 unspecified atom stereocenters. The van der Waals surface area contributed by atoms with E-state index >= 15 is 0 Å². The summed E-state index contributed by atoms with van der Waals surface area (Å²) in [5.41, 5.74) is 1.60. The van der Waals surface area contributed by atoms with Gasteiger partial charge in [0.05, 0.1) is 11.1 Å². The van der Waals surface area contributed by atoms with Crippen molar-refractivity contribution in [3.8, 4) is 22.8 Å². The second-order valence-corrected chi connectivity index (χ2v) is 7.02. The van der Waals surface area contributed by atoms with Crippen LogP contribution in [0, 0.1) is 5.82 Å². The molecule has 1 fully saturated rings. The van der Waals surface area contributed by atoms with Crippen LogP contribution in [0.25, 0.3) is 11.3 Å². The summed E-state index contributed by atoms with van der Waals surface area (Å²) in [5, 5.41) is 2.92. The first-order valence-corrected chi connectivity index (χ1v) is 9.09. The number of amides is 1. The maximum atomic E-state index is 13.5. The molecule has 0 radical (unpaired) electrons. The first-order valence-electron chi connectivity index (χ1n) is 9.09. The number of rotatable bonds is 4. The minimum absolute atomic E-state index is 0.102. The number of hydrogen-bond donors (Lipinski definition) is 1. The second-order valence-electron chi connectivity index (χ2n) is 7.02. The highest BCUT2D eigenvalue weighted by molar-refractivity contribution is 6.01. The fourth-order valence-electron chi connectivity index (χ4n) is 3.51. The van der Waals surface area contributed by atoms with Crippen molar-refractivity contribution in [2.24, 2.45) is 0 Å². The summed E-state index contributed by atoms with van der Waals surface area (Å²) in [6, 6.07) is 17.2. The van der Waals surface area contributed by atoms with E-state index in [1.165, 1.54) is 12.1 Å². The number of halogens is 1. The van der Waals surface area contributed by atoms with Crippen molar-refractivity contribution in [2.45, 2.75) is 18.3 Å². The minimum Gasteiger partial charge on any atom is -0.454 e. The van der Waals surface area contributed by atoms with Gasteiger partial charge in [-0.1, -0.05) is 24.3 Å². The summed E-state index contributed by atoms with van der Waals surface area (Å²) in [4.78, 5) is 17.5. The predicted molar refractivity (Wildman–Crippen MR) is 102 cm³/mol. The van der Waals surface area contributed by atoms with E-state index in [4.69, 9.17) is 9.47 Å². The fourth-order valence-corrected chi connectivity index (χ4v) is 3.51. The van der Waals surface area contributed by atoms with E-state index in [0.717, 1.165) is 18.4 Å². The molecule has 5 rings (SSSR count). The first-order chi connectivity index (χ1) is 13.6. The summed E-state index contributed by atoms with van der Waals surface area (Å²) in [7, 11) is 0. The molecule has 1 saturated carbocycles. The van der Waals surface area contributed by atoms with Crippen molar-refractivity contribution >= 4 is 11.7 Å². The molecule has 1 aromatic heterocycles. The molecule has 2 heterocycles. The number of nitrogens with zero attached hydrogens (tertiary/aromatic N) is 1. The predicted octanol–water partition coefficient (Wildman–Crippen LogP) is 4.29. The summed E-state index contributed by atoms with van der Waals surface area (Å²) < 4.78 is 24.3. The van der Waals surface area contributed by atoms with Crippen molar-refractivity contribution in [3.05, 3.63) is 72.0 Å². The number of benzene rings is 2. The lowest BCUT2D eigenvalue weighted by molar-refractivity contribution is -0.118. The topological polar surface area (TPSA) is 60.5 Å². The van der Waals surface area contributed by atoms with Crippen LogP contribution in [0.1, 0.15) is 18.4 Å². The molecule has 0 atom stereocenters. The Kier molecular flexibility index (Phi) is 3.79. The van der Waals surface area contributed by atoms with Crippen LogP contribution in [0.4, 0.5) is 10.2 Å². The molecule has 3 aromatic rings. The third-order valence-electron chi connectivity index (χ3n) is 5.22. The van der Waals surface area contributed by atoms with Gasteiger partial charge in [-0.2, -0.15) is 0 Å². The molecule has 2 aromatic carbocycles. The maximum absolute atomic E-state index is 13.5. The molecule has 2 aliphatic rings. The lowest BCUT2D eigenvalue weighted by Gasteiger charge is -2.16. The maximum Gasteiger partial charge on any atom is 0.236 e. The van der Waals surface area contributed by atoms with Crippen LogP contribution < -0.4 is 14.8 Å². The Hall–Kier alpha value is -3.41. The third kappa shape index (κ3) is 2.87. The van der Waals surface area contributed by atoms with E-state index < -0.39 is 5.41 Å². The average Bonchev–Trinajstić information content (AvgIpc) is 3.39. The number of aromatic nitrogens is 1. The van der Waals surface area contributed by atoms with Gasteiger partial charge in [-0.3, -0.25) is 4.79 Å². The van der Waals surface area contributed by atoms with Gasteiger partial charge in [0.15, 0.2) is 11.5 Å². The number of ether oxygens (including phenoxy) is 2. The van der Waals surface area contributed by atoms with Gasteiger partial charge >= 0.3 is 0 Å². The van der Waals surface area contributed by atoms with E-state index in [9.17, 15) is 9.18 Å². The monoisotopic (exact) mass is 376 g/mol. The molecular formula is C22H17FN2O3. The molecule has 1 N–H and O–H groups in total. The molecule has 1 amide bonds.